The van der Waals surface area contributed by atoms with E-state index in [0.717, 1.165) is 17.1 Å². The number of amides is 2. The highest BCUT2D eigenvalue weighted by Gasteiger charge is 2.32. The molecule has 0 aromatic heterocycles. The largest absolute Gasteiger partial charge is 0.381 e. The Hall–Kier alpha value is -1.36. The predicted molar refractivity (Wildman–Crippen MR) is 82.8 cm³/mol. The molecule has 104 valence electrons. The van der Waals surface area contributed by atoms with Crippen molar-refractivity contribution in [1.29, 1.82) is 0 Å². The Kier molecular flexibility index (Phi) is 4.24. The molecule has 1 fully saturated rings. The monoisotopic (exact) mass is 279 g/mol. The van der Waals surface area contributed by atoms with Crippen molar-refractivity contribution in [2.45, 2.75) is 26.3 Å². The summed E-state index contributed by atoms with van der Waals surface area (Å²) in [5.74, 6) is 2.38. The lowest BCUT2D eigenvalue weighted by Crippen LogP contribution is -2.41. The van der Waals surface area contributed by atoms with Gasteiger partial charge in [-0.15, -0.1) is 0 Å². The zero-order valence-corrected chi connectivity index (χ0v) is 12.2. The van der Waals surface area contributed by atoms with Crippen molar-refractivity contribution >= 4 is 29.2 Å². The molecule has 0 aliphatic carbocycles. The first kappa shape index (κ1) is 14.1. The third kappa shape index (κ3) is 3.80. The molecule has 4 N–H and O–H groups in total. The van der Waals surface area contributed by atoms with E-state index in [9.17, 15) is 4.79 Å². The Morgan fingerprint density at radius 3 is 2.53 bits per heavy atom. The van der Waals surface area contributed by atoms with E-state index >= 15 is 0 Å². The number of carbonyl (C=O) groups is 1. The number of hydrogen-bond donors (Lipinski definition) is 3. The average Bonchev–Trinajstić information content (AvgIpc) is 2.33. The van der Waals surface area contributed by atoms with Gasteiger partial charge in [-0.1, -0.05) is 13.8 Å². The van der Waals surface area contributed by atoms with Gasteiger partial charge in [0, 0.05) is 23.2 Å². The van der Waals surface area contributed by atoms with Crippen molar-refractivity contribution < 1.29 is 4.79 Å². The Morgan fingerprint density at radius 2 is 1.95 bits per heavy atom. The van der Waals surface area contributed by atoms with Crippen LogP contribution in [0.2, 0.25) is 0 Å². The van der Waals surface area contributed by atoms with Gasteiger partial charge in [-0.25, -0.2) is 4.79 Å². The van der Waals surface area contributed by atoms with Crippen molar-refractivity contribution in [3.8, 4) is 0 Å². The van der Waals surface area contributed by atoms with Gasteiger partial charge in [0.1, 0.15) is 0 Å². The normalized spacial score (nSPS) is 21.7. The standard InChI is InChI=1S/C14H21N3OS/c1-14(2)7-8-19-9-12(14)16-10-3-5-11(6-4-10)17-13(15)18/h3-6,12,16H,7-9H2,1-2H3,(H3,15,17,18). The third-order valence-corrected chi connectivity index (χ3v) is 4.67. The first-order valence-corrected chi connectivity index (χ1v) is 7.64. The van der Waals surface area contributed by atoms with E-state index < -0.39 is 6.03 Å². The van der Waals surface area contributed by atoms with Crippen LogP contribution in [0, 0.1) is 5.41 Å². The number of hydrogen-bond acceptors (Lipinski definition) is 3. The number of anilines is 2. The molecule has 1 aliphatic heterocycles. The first-order valence-electron chi connectivity index (χ1n) is 6.48. The maximum Gasteiger partial charge on any atom is 0.316 e. The number of primary amides is 1. The van der Waals surface area contributed by atoms with Crippen LogP contribution >= 0.6 is 11.8 Å². The number of nitrogens with two attached hydrogens (primary N) is 1. The Morgan fingerprint density at radius 1 is 1.32 bits per heavy atom. The lowest BCUT2D eigenvalue weighted by atomic mass is 9.82. The van der Waals surface area contributed by atoms with Gasteiger partial charge in [-0.2, -0.15) is 11.8 Å². The van der Waals surface area contributed by atoms with Gasteiger partial charge in [0.25, 0.3) is 0 Å². The van der Waals surface area contributed by atoms with Crippen LogP contribution in [0.4, 0.5) is 16.2 Å². The molecular formula is C14H21N3OS. The van der Waals surface area contributed by atoms with Crippen molar-refractivity contribution in [3.63, 3.8) is 0 Å². The third-order valence-electron chi connectivity index (χ3n) is 3.61. The topological polar surface area (TPSA) is 67.2 Å². The van der Waals surface area contributed by atoms with Crippen LogP contribution in [0.3, 0.4) is 0 Å². The molecule has 4 nitrogen and oxygen atoms in total. The second-order valence-electron chi connectivity index (χ2n) is 5.58. The molecule has 0 bridgehead atoms. The maximum absolute atomic E-state index is 10.7. The summed E-state index contributed by atoms with van der Waals surface area (Å²) in [6.07, 6.45) is 1.23. The SMILES string of the molecule is CC1(C)CCSCC1Nc1ccc(NC(N)=O)cc1. The zero-order valence-electron chi connectivity index (χ0n) is 11.4. The van der Waals surface area contributed by atoms with E-state index in [1.165, 1.54) is 12.2 Å². The Labute approximate surface area is 118 Å². The summed E-state index contributed by atoms with van der Waals surface area (Å²) >= 11 is 2.00. The minimum absolute atomic E-state index is 0.315. The smallest absolute Gasteiger partial charge is 0.316 e. The van der Waals surface area contributed by atoms with Gasteiger partial charge in [-0.05, 0) is 41.9 Å². The molecule has 2 rings (SSSR count). The molecule has 1 unspecified atom stereocenters. The summed E-state index contributed by atoms with van der Waals surface area (Å²) in [6, 6.07) is 7.60. The fourth-order valence-corrected chi connectivity index (χ4v) is 3.77. The lowest BCUT2D eigenvalue weighted by molar-refractivity contribution is 0.259. The molecule has 0 spiro atoms. The van der Waals surface area contributed by atoms with Crippen molar-refractivity contribution in [1.82, 2.24) is 0 Å². The van der Waals surface area contributed by atoms with Gasteiger partial charge in [-0.3, -0.25) is 0 Å². The van der Waals surface area contributed by atoms with E-state index in [4.69, 9.17) is 5.73 Å². The van der Waals surface area contributed by atoms with E-state index in [1.54, 1.807) is 0 Å². The number of rotatable bonds is 3. The van der Waals surface area contributed by atoms with Crippen LogP contribution in [-0.4, -0.2) is 23.6 Å². The number of urea groups is 1. The molecular weight excluding hydrogens is 258 g/mol. The maximum atomic E-state index is 10.7. The first-order chi connectivity index (χ1) is 8.97. The van der Waals surface area contributed by atoms with Crippen molar-refractivity contribution in [3.05, 3.63) is 24.3 Å². The quantitative estimate of drug-likeness (QED) is 0.796. The van der Waals surface area contributed by atoms with Crippen LogP contribution in [0.1, 0.15) is 20.3 Å². The molecule has 5 heteroatoms. The summed E-state index contributed by atoms with van der Waals surface area (Å²) < 4.78 is 0. The lowest BCUT2D eigenvalue weighted by Gasteiger charge is -2.39. The van der Waals surface area contributed by atoms with Crippen LogP contribution in [0.5, 0.6) is 0 Å². The van der Waals surface area contributed by atoms with Gasteiger partial charge < -0.3 is 16.4 Å². The number of nitrogens with one attached hydrogen (secondary N) is 2. The molecule has 1 aliphatic rings. The zero-order chi connectivity index (χ0) is 13.9. The second-order valence-corrected chi connectivity index (χ2v) is 6.73. The number of carbonyl (C=O) groups excluding carboxylic acids is 1. The fourth-order valence-electron chi connectivity index (χ4n) is 2.17. The van der Waals surface area contributed by atoms with Crippen molar-refractivity contribution in [2.24, 2.45) is 11.1 Å². The molecule has 19 heavy (non-hydrogen) atoms. The second kappa shape index (κ2) is 5.74. The average molecular weight is 279 g/mol. The van der Waals surface area contributed by atoms with Gasteiger partial charge >= 0.3 is 6.03 Å². The number of benzene rings is 1. The van der Waals surface area contributed by atoms with Gasteiger partial charge in [0.2, 0.25) is 0 Å². The summed E-state index contributed by atoms with van der Waals surface area (Å²) in [5, 5.41) is 6.15. The highest BCUT2D eigenvalue weighted by molar-refractivity contribution is 7.99. The predicted octanol–water partition coefficient (Wildman–Crippen LogP) is 3.12. The molecule has 1 saturated heterocycles. The fraction of sp³-hybridized carbons (Fsp3) is 0.500. The molecule has 1 aromatic carbocycles. The van der Waals surface area contributed by atoms with Crippen LogP contribution in [0.25, 0.3) is 0 Å². The summed E-state index contributed by atoms with van der Waals surface area (Å²) in [5.41, 5.74) is 7.19. The molecule has 1 aromatic rings. The van der Waals surface area contributed by atoms with Gasteiger partial charge in [0.15, 0.2) is 0 Å². The van der Waals surface area contributed by atoms with Crippen LogP contribution in [0.15, 0.2) is 24.3 Å². The Balaban J connectivity index is 2.00. The molecule has 1 heterocycles. The molecule has 0 radical (unpaired) electrons. The molecule has 0 saturated carbocycles. The van der Waals surface area contributed by atoms with E-state index in [1.807, 2.05) is 36.0 Å². The molecule has 1 atom stereocenters. The number of thioether (sulfide) groups is 1. The van der Waals surface area contributed by atoms with Crippen molar-refractivity contribution in [2.75, 3.05) is 22.1 Å². The van der Waals surface area contributed by atoms with Crippen LogP contribution in [-0.2, 0) is 0 Å². The minimum Gasteiger partial charge on any atom is -0.381 e. The van der Waals surface area contributed by atoms with E-state index in [-0.39, 0.29) is 0 Å². The summed E-state index contributed by atoms with van der Waals surface area (Å²) in [4.78, 5) is 10.7. The van der Waals surface area contributed by atoms with E-state index in [2.05, 4.69) is 24.5 Å². The van der Waals surface area contributed by atoms with Crippen LogP contribution < -0.4 is 16.4 Å². The highest BCUT2D eigenvalue weighted by atomic mass is 32.2. The Bertz CT molecular complexity index is 445. The minimum atomic E-state index is -0.537. The summed E-state index contributed by atoms with van der Waals surface area (Å²) in [6.45, 7) is 4.63. The van der Waals surface area contributed by atoms with Gasteiger partial charge in [0.05, 0.1) is 0 Å². The highest BCUT2D eigenvalue weighted by Crippen LogP contribution is 2.36. The van der Waals surface area contributed by atoms with E-state index in [0.29, 0.717) is 11.5 Å². The molecule has 2 amide bonds. The summed E-state index contributed by atoms with van der Waals surface area (Å²) in [7, 11) is 0.